The van der Waals surface area contributed by atoms with Crippen LogP contribution in [0.5, 0.6) is 0 Å². The van der Waals surface area contributed by atoms with E-state index in [9.17, 15) is 0 Å². The maximum absolute atomic E-state index is 6.30. The fourth-order valence-corrected chi connectivity index (χ4v) is 10.2. The van der Waals surface area contributed by atoms with Crippen LogP contribution in [-0.2, 0) is 21.7 Å². The van der Waals surface area contributed by atoms with E-state index in [1.807, 2.05) is 12.1 Å². The summed E-state index contributed by atoms with van der Waals surface area (Å²) in [4.78, 5) is 9.86. The summed E-state index contributed by atoms with van der Waals surface area (Å²) in [6, 6.07) is 56.6. The lowest BCUT2D eigenvalue weighted by Crippen LogP contribution is -2.20. The summed E-state index contributed by atoms with van der Waals surface area (Å²) in [6.07, 6.45) is 1.52. The standard InChI is InChI=1S/C66H68N6O2/c1-63(2,3)47-25-17-41(18-26-47)53-39-57(71(69-53)51-31-21-45(22-32-51)61-67-55-37-49(65(7,8)9)29-35-59(55)73-61)43-13-15-44(16-14-43)58-40-54(42-19-27-48(28-20-42)64(4,5)6)70-72(58)52-33-23-46(24-34-52)62-68-56-38-50(66(10,11)12)30-36-60(56)74-62/h13-38,57-58H,39-40H2,1-12H3. The van der Waals surface area contributed by atoms with E-state index >= 15 is 0 Å². The Hall–Kier alpha value is -7.58. The first-order valence-electron chi connectivity index (χ1n) is 26.2. The van der Waals surface area contributed by atoms with Crippen LogP contribution < -0.4 is 10.0 Å². The Balaban J connectivity index is 0.906. The number of rotatable bonds is 8. The minimum Gasteiger partial charge on any atom is -0.436 e. The van der Waals surface area contributed by atoms with Gasteiger partial charge in [0.15, 0.2) is 11.2 Å². The minimum atomic E-state index is -0.0281. The van der Waals surface area contributed by atoms with E-state index in [0.29, 0.717) is 11.8 Å². The van der Waals surface area contributed by atoms with E-state index in [1.54, 1.807) is 0 Å². The molecule has 2 aromatic heterocycles. The molecule has 8 nitrogen and oxygen atoms in total. The van der Waals surface area contributed by atoms with Crippen molar-refractivity contribution in [1.29, 1.82) is 0 Å². The fraction of sp³-hybridized carbons (Fsp3) is 0.303. The average Bonchev–Trinajstić information content (AvgIpc) is 4.20. The van der Waals surface area contributed by atoms with Gasteiger partial charge < -0.3 is 8.83 Å². The number of benzene rings is 7. The predicted molar refractivity (Wildman–Crippen MR) is 306 cm³/mol. The Morgan fingerprint density at radius 1 is 0.365 bits per heavy atom. The van der Waals surface area contributed by atoms with E-state index < -0.39 is 0 Å². The van der Waals surface area contributed by atoms with Crippen LogP contribution >= 0.6 is 0 Å². The van der Waals surface area contributed by atoms with E-state index in [0.717, 1.165) is 80.1 Å². The van der Waals surface area contributed by atoms with Crippen LogP contribution in [0.3, 0.4) is 0 Å². The third-order valence-electron chi connectivity index (χ3n) is 15.0. The van der Waals surface area contributed by atoms with E-state index in [1.165, 1.54) is 33.4 Å². The molecule has 2 atom stereocenters. The van der Waals surface area contributed by atoms with Crippen molar-refractivity contribution in [3.05, 3.63) is 202 Å². The van der Waals surface area contributed by atoms with Crippen LogP contribution in [-0.4, -0.2) is 21.4 Å². The number of aromatic nitrogens is 2. The van der Waals surface area contributed by atoms with Gasteiger partial charge in [-0.2, -0.15) is 10.2 Å². The first-order chi connectivity index (χ1) is 35.1. The Morgan fingerprint density at radius 3 is 1.00 bits per heavy atom. The second kappa shape index (κ2) is 18.1. The SMILES string of the molecule is CC(C)(C)c1ccc(C2=NN(c3ccc(-c4nc5cc(C(C)(C)C)ccc5o4)cc3)C(c3ccc(C4CC(c5ccc(C(C)(C)C)cc5)=NN4c4ccc(-c5nc6cc(C(C)(C)C)ccc6o5)cc4)cc3)C2)cc1. The molecule has 374 valence electrons. The molecule has 0 spiro atoms. The van der Waals surface area contributed by atoms with Crippen molar-refractivity contribution < 1.29 is 8.83 Å². The molecule has 9 aromatic rings. The van der Waals surface area contributed by atoms with Crippen LogP contribution in [0, 0.1) is 0 Å². The minimum absolute atomic E-state index is 0.0187. The number of hydrazone groups is 2. The molecule has 0 radical (unpaired) electrons. The van der Waals surface area contributed by atoms with Crippen molar-refractivity contribution >= 4 is 45.0 Å². The lowest BCUT2D eigenvalue weighted by molar-refractivity contribution is 0.589. The summed E-state index contributed by atoms with van der Waals surface area (Å²) in [7, 11) is 0. The van der Waals surface area contributed by atoms with E-state index in [2.05, 4.69) is 239 Å². The first-order valence-corrected chi connectivity index (χ1v) is 26.2. The maximum atomic E-state index is 6.30. The highest BCUT2D eigenvalue weighted by molar-refractivity contribution is 6.04. The van der Waals surface area contributed by atoms with Crippen LogP contribution in [0.25, 0.3) is 45.1 Å². The second-order valence-corrected chi connectivity index (χ2v) is 24.5. The molecule has 2 aliphatic rings. The van der Waals surface area contributed by atoms with E-state index in [4.69, 9.17) is 29.0 Å². The zero-order valence-corrected chi connectivity index (χ0v) is 45.1. The molecular weight excluding hydrogens is 909 g/mol. The first kappa shape index (κ1) is 48.7. The van der Waals surface area contributed by atoms with Crippen LogP contribution in [0.1, 0.15) is 153 Å². The van der Waals surface area contributed by atoms with Crippen LogP contribution in [0.4, 0.5) is 11.4 Å². The van der Waals surface area contributed by atoms with Gasteiger partial charge in [-0.15, -0.1) is 0 Å². The van der Waals surface area contributed by atoms with Gasteiger partial charge in [-0.3, -0.25) is 10.0 Å². The summed E-state index contributed by atoms with van der Waals surface area (Å²) in [5.41, 5.74) is 19.2. The lowest BCUT2D eigenvalue weighted by atomic mass is 9.86. The van der Waals surface area contributed by atoms with Crippen LogP contribution in [0.2, 0.25) is 0 Å². The van der Waals surface area contributed by atoms with Gasteiger partial charge in [0.25, 0.3) is 0 Å². The lowest BCUT2D eigenvalue weighted by Gasteiger charge is -2.26. The van der Waals surface area contributed by atoms with Crippen molar-refractivity contribution in [2.45, 2.75) is 130 Å². The molecule has 7 aromatic carbocycles. The number of fused-ring (bicyclic) bond motifs is 2. The number of oxazole rings is 2. The highest BCUT2D eigenvalue weighted by atomic mass is 16.4. The highest BCUT2D eigenvalue weighted by Crippen LogP contribution is 2.42. The molecule has 4 heterocycles. The average molecular weight is 977 g/mol. The molecule has 0 saturated carbocycles. The second-order valence-electron chi connectivity index (χ2n) is 24.5. The van der Waals surface area contributed by atoms with Gasteiger partial charge in [-0.1, -0.05) is 168 Å². The molecule has 0 saturated heterocycles. The molecule has 0 fully saturated rings. The van der Waals surface area contributed by atoms with Gasteiger partial charge in [0.05, 0.1) is 34.9 Å². The van der Waals surface area contributed by atoms with E-state index in [-0.39, 0.29) is 33.7 Å². The molecular formula is C66H68N6O2. The summed E-state index contributed by atoms with van der Waals surface area (Å²) < 4.78 is 12.6. The zero-order valence-electron chi connectivity index (χ0n) is 45.1. The van der Waals surface area contributed by atoms with Crippen LogP contribution in [0.15, 0.2) is 177 Å². The molecule has 0 bridgehead atoms. The Bertz CT molecular complexity index is 3330. The molecule has 0 amide bonds. The van der Waals surface area contributed by atoms with Crippen molar-refractivity contribution in [1.82, 2.24) is 9.97 Å². The fourth-order valence-electron chi connectivity index (χ4n) is 10.2. The van der Waals surface area contributed by atoms with Gasteiger partial charge in [0.2, 0.25) is 11.8 Å². The van der Waals surface area contributed by atoms with Crippen molar-refractivity contribution in [2.24, 2.45) is 10.2 Å². The van der Waals surface area contributed by atoms with Crippen molar-refractivity contribution in [3.63, 3.8) is 0 Å². The van der Waals surface area contributed by atoms with Crippen molar-refractivity contribution in [3.8, 4) is 22.9 Å². The van der Waals surface area contributed by atoms with Gasteiger partial charge in [0.1, 0.15) is 11.0 Å². The summed E-state index contributed by atoms with van der Waals surface area (Å²) in [5.74, 6) is 1.22. The Kier molecular flexibility index (Phi) is 11.9. The summed E-state index contributed by atoms with van der Waals surface area (Å²) in [5, 5.41) is 15.2. The molecule has 0 aliphatic carbocycles. The molecule has 2 aliphatic heterocycles. The number of hydrogen-bond acceptors (Lipinski definition) is 8. The maximum Gasteiger partial charge on any atom is 0.227 e. The molecule has 8 heteroatoms. The Morgan fingerprint density at radius 2 is 0.676 bits per heavy atom. The van der Waals surface area contributed by atoms with Gasteiger partial charge >= 0.3 is 0 Å². The highest BCUT2D eigenvalue weighted by Gasteiger charge is 2.34. The Labute approximate surface area is 436 Å². The zero-order chi connectivity index (χ0) is 51.9. The third-order valence-corrected chi connectivity index (χ3v) is 15.0. The predicted octanol–water partition coefficient (Wildman–Crippen LogP) is 17.2. The summed E-state index contributed by atoms with van der Waals surface area (Å²) >= 11 is 0. The number of anilines is 2. The quantitative estimate of drug-likeness (QED) is 0.151. The number of hydrogen-bond donors (Lipinski definition) is 0. The summed E-state index contributed by atoms with van der Waals surface area (Å²) in [6.45, 7) is 26.8. The van der Waals surface area contributed by atoms with Gasteiger partial charge in [0, 0.05) is 24.0 Å². The topological polar surface area (TPSA) is 83.3 Å². The largest absolute Gasteiger partial charge is 0.436 e. The normalized spacial score (nSPS) is 16.6. The molecule has 11 rings (SSSR count). The third kappa shape index (κ3) is 9.58. The molecule has 74 heavy (non-hydrogen) atoms. The van der Waals surface area contributed by atoms with Crippen molar-refractivity contribution in [2.75, 3.05) is 10.0 Å². The molecule has 2 unspecified atom stereocenters. The number of nitrogens with zero attached hydrogens (tertiary/aromatic N) is 6. The monoisotopic (exact) mass is 977 g/mol. The van der Waals surface area contributed by atoms with Gasteiger partial charge in [-0.25, -0.2) is 9.97 Å². The van der Waals surface area contributed by atoms with Gasteiger partial charge in [-0.05, 0) is 139 Å². The smallest absolute Gasteiger partial charge is 0.227 e. The molecule has 0 N–H and O–H groups in total.